The van der Waals surface area contributed by atoms with Crippen LogP contribution in [0, 0.1) is 0 Å². The van der Waals surface area contributed by atoms with Crippen molar-refractivity contribution in [1.82, 2.24) is 0 Å². The third-order valence-electron chi connectivity index (χ3n) is 1.33. The van der Waals surface area contributed by atoms with Gasteiger partial charge in [-0.1, -0.05) is 0 Å². The van der Waals surface area contributed by atoms with E-state index in [0.29, 0.717) is 26.1 Å². The Morgan fingerprint density at radius 1 is 1.62 bits per heavy atom. The topological polar surface area (TPSA) is 18.5 Å². The van der Waals surface area contributed by atoms with Crippen LogP contribution in [0.25, 0.3) is 0 Å². The van der Waals surface area contributed by atoms with Gasteiger partial charge in [0.05, 0.1) is 10.2 Å². The lowest BCUT2D eigenvalue weighted by atomic mass is 10.2. The van der Waals surface area contributed by atoms with Gasteiger partial charge in [0.1, 0.15) is 0 Å². The quantitative estimate of drug-likeness (QED) is 0.508. The number of rotatable bonds is 1. The van der Waals surface area contributed by atoms with Crippen LogP contribution in [0.15, 0.2) is 0 Å². The molecule has 1 aliphatic rings. The molecule has 0 aliphatic carbocycles. The van der Waals surface area contributed by atoms with Crippen molar-refractivity contribution in [3.05, 3.63) is 0 Å². The van der Waals surface area contributed by atoms with Gasteiger partial charge >= 0.3 is 0 Å². The Kier molecular flexibility index (Phi) is 1.21. The Labute approximate surface area is 54.0 Å². The van der Waals surface area contributed by atoms with E-state index in [1.165, 1.54) is 0 Å². The largest absolute Gasteiger partial charge is 0.381 e. The Morgan fingerprint density at radius 2 is 2.38 bits per heavy atom. The molecule has 0 radical (unpaired) electrons. The molecular formula is C6H12O2. The highest BCUT2D eigenvalue weighted by Gasteiger charge is 2.10. The first-order valence-electron chi connectivity index (χ1n) is 4.33. The Bertz CT molecular complexity index is 117. The fourth-order valence-electron chi connectivity index (χ4n) is 0.794. The molecule has 1 saturated heterocycles. The van der Waals surface area contributed by atoms with Crippen LogP contribution in [0.1, 0.15) is 17.0 Å². The molecule has 0 unspecified atom stereocenters. The minimum atomic E-state index is -2.25. The summed E-state index contributed by atoms with van der Waals surface area (Å²) in [5.74, 6) is 0. The van der Waals surface area contributed by atoms with Crippen LogP contribution in [0.4, 0.5) is 0 Å². The molecule has 2 heteroatoms. The number of hydrogen-bond acceptors (Lipinski definition) is 2. The van der Waals surface area contributed by atoms with Gasteiger partial charge in [-0.25, -0.2) is 0 Å². The lowest BCUT2D eigenvalue weighted by Crippen LogP contribution is -2.21. The second-order valence-electron chi connectivity index (χ2n) is 1.93. The van der Waals surface area contributed by atoms with E-state index >= 15 is 0 Å². The molecule has 0 aromatic rings. The molecule has 0 atom stereocenters. The summed E-state index contributed by atoms with van der Waals surface area (Å²) in [6.45, 7) is 1.22. The second-order valence-corrected chi connectivity index (χ2v) is 1.93. The molecule has 0 amide bonds. The van der Waals surface area contributed by atoms with Gasteiger partial charge in [0, 0.05) is 20.3 Å². The van der Waals surface area contributed by atoms with E-state index in [2.05, 4.69) is 0 Å². The zero-order chi connectivity index (χ0) is 8.32. The van der Waals surface area contributed by atoms with Gasteiger partial charge in [0.15, 0.2) is 0 Å². The first-order chi connectivity index (χ1) is 5.08. The van der Waals surface area contributed by atoms with Crippen LogP contribution in [-0.2, 0) is 9.47 Å². The van der Waals surface area contributed by atoms with E-state index < -0.39 is 7.04 Å². The van der Waals surface area contributed by atoms with E-state index in [0.717, 1.165) is 0 Å². The molecular weight excluding hydrogens is 104 g/mol. The van der Waals surface area contributed by atoms with Crippen LogP contribution in [0.5, 0.6) is 0 Å². The monoisotopic (exact) mass is 119 g/mol. The molecule has 0 aromatic carbocycles. The molecule has 1 rings (SSSR count). The molecule has 0 spiro atoms. The Hall–Kier alpha value is -0.0800. The molecule has 48 valence electrons. The summed E-state index contributed by atoms with van der Waals surface area (Å²) in [6.07, 6.45) is 1.24. The molecule has 8 heavy (non-hydrogen) atoms. The lowest BCUT2D eigenvalue weighted by Gasteiger charge is -2.19. The summed E-state index contributed by atoms with van der Waals surface area (Å²) >= 11 is 0. The molecule has 2 nitrogen and oxygen atoms in total. The summed E-state index contributed by atoms with van der Waals surface area (Å²) in [5.41, 5.74) is 0. The fourth-order valence-corrected chi connectivity index (χ4v) is 0.794. The lowest BCUT2D eigenvalue weighted by molar-refractivity contribution is -0.00998. The summed E-state index contributed by atoms with van der Waals surface area (Å²) < 4.78 is 30.4. The van der Waals surface area contributed by atoms with Crippen molar-refractivity contribution in [2.24, 2.45) is 0 Å². The normalized spacial score (nSPS) is 30.8. The van der Waals surface area contributed by atoms with Crippen LogP contribution in [-0.4, -0.2) is 26.4 Å². The van der Waals surface area contributed by atoms with Gasteiger partial charge < -0.3 is 9.47 Å². The molecule has 1 fully saturated rings. The second kappa shape index (κ2) is 3.05. The first kappa shape index (κ1) is 3.18. The highest BCUT2D eigenvalue weighted by Crippen LogP contribution is 2.08. The first-order valence-corrected chi connectivity index (χ1v) is 2.83. The van der Waals surface area contributed by atoms with Gasteiger partial charge in [-0.3, -0.25) is 0 Å². The maximum absolute atomic E-state index is 6.84. The third-order valence-corrected chi connectivity index (χ3v) is 1.33. The van der Waals surface area contributed by atoms with Crippen LogP contribution >= 0.6 is 0 Å². The van der Waals surface area contributed by atoms with Gasteiger partial charge in [-0.2, -0.15) is 0 Å². The van der Waals surface area contributed by atoms with Crippen molar-refractivity contribution in [2.75, 3.05) is 20.3 Å². The third kappa shape index (κ3) is 1.46. The molecule has 0 saturated carbocycles. The van der Waals surface area contributed by atoms with Gasteiger partial charge in [0.2, 0.25) is 0 Å². The average Bonchev–Trinajstić information content (AvgIpc) is 1.85. The Balaban J connectivity index is 2.24. The Morgan fingerprint density at radius 3 is 3.00 bits per heavy atom. The van der Waals surface area contributed by atoms with E-state index in [9.17, 15) is 0 Å². The predicted molar refractivity (Wildman–Crippen MR) is 30.8 cm³/mol. The van der Waals surface area contributed by atoms with Crippen molar-refractivity contribution in [3.63, 3.8) is 0 Å². The summed E-state index contributed by atoms with van der Waals surface area (Å²) in [4.78, 5) is 0. The number of hydrogen-bond donors (Lipinski definition) is 0. The molecule has 0 bridgehead atoms. The average molecular weight is 119 g/mol. The summed E-state index contributed by atoms with van der Waals surface area (Å²) in [7, 11) is -2.25. The molecule has 1 heterocycles. The van der Waals surface area contributed by atoms with E-state index in [-0.39, 0.29) is 6.10 Å². The van der Waals surface area contributed by atoms with E-state index in [1.54, 1.807) is 0 Å². The van der Waals surface area contributed by atoms with Crippen LogP contribution in [0.3, 0.4) is 0 Å². The number of ether oxygens (including phenoxy) is 2. The zero-order valence-corrected chi connectivity index (χ0v) is 4.72. The van der Waals surface area contributed by atoms with Crippen molar-refractivity contribution in [3.8, 4) is 0 Å². The molecule has 0 N–H and O–H groups in total. The summed E-state index contributed by atoms with van der Waals surface area (Å²) in [6, 6.07) is 0. The van der Waals surface area contributed by atoms with Crippen molar-refractivity contribution in [2.45, 2.75) is 18.9 Å². The maximum atomic E-state index is 6.84. The molecule has 0 aromatic heterocycles. The minimum absolute atomic E-state index is 0.142. The van der Waals surface area contributed by atoms with Crippen molar-refractivity contribution < 1.29 is 13.6 Å². The van der Waals surface area contributed by atoms with Crippen molar-refractivity contribution in [1.29, 1.82) is 0 Å². The summed E-state index contributed by atoms with van der Waals surface area (Å²) in [5, 5.41) is 0. The fraction of sp³-hybridized carbons (Fsp3) is 1.00. The van der Waals surface area contributed by atoms with Crippen molar-refractivity contribution >= 4 is 0 Å². The van der Waals surface area contributed by atoms with Gasteiger partial charge in [0.25, 0.3) is 0 Å². The van der Waals surface area contributed by atoms with E-state index in [1.807, 2.05) is 0 Å². The van der Waals surface area contributed by atoms with Crippen LogP contribution in [0.2, 0.25) is 0 Å². The van der Waals surface area contributed by atoms with Gasteiger partial charge in [-0.05, 0) is 12.8 Å². The van der Waals surface area contributed by atoms with Gasteiger partial charge in [-0.15, -0.1) is 0 Å². The predicted octanol–water partition coefficient (Wildman–Crippen LogP) is 0.812. The number of methoxy groups -OCH3 is 1. The highest BCUT2D eigenvalue weighted by molar-refractivity contribution is 4.60. The smallest absolute Gasteiger partial charge is 0.0615 e. The highest BCUT2D eigenvalue weighted by atomic mass is 16.5. The molecule has 1 aliphatic heterocycles. The standard InChI is InChI=1S/C6H12O2/c1-7-6-2-4-8-5-3-6/h6H,2-5H2,1H3/i1D3. The van der Waals surface area contributed by atoms with Crippen LogP contribution < -0.4 is 0 Å². The maximum Gasteiger partial charge on any atom is 0.0615 e. The van der Waals surface area contributed by atoms with E-state index in [4.69, 9.17) is 13.6 Å². The minimum Gasteiger partial charge on any atom is -0.381 e. The SMILES string of the molecule is [2H]C([2H])([2H])OC1CCOCC1. The zero-order valence-electron chi connectivity index (χ0n) is 7.72.